The van der Waals surface area contributed by atoms with Crippen LogP contribution in [-0.2, 0) is 17.8 Å². The van der Waals surface area contributed by atoms with Gasteiger partial charge in [-0.05, 0) is 38.1 Å². The van der Waals surface area contributed by atoms with Crippen LogP contribution in [0.25, 0.3) is 0 Å². The van der Waals surface area contributed by atoms with E-state index in [2.05, 4.69) is 70.3 Å². The van der Waals surface area contributed by atoms with Crippen LogP contribution in [0.4, 0.5) is 0 Å². The molecule has 0 saturated carbocycles. The van der Waals surface area contributed by atoms with Gasteiger partial charge in [-0.1, -0.05) is 79.3 Å². The number of amides is 1. The second kappa shape index (κ2) is 11.7. The number of aromatic nitrogens is 3. The summed E-state index contributed by atoms with van der Waals surface area (Å²) >= 11 is 1.44. The molecule has 6 nitrogen and oxygen atoms in total. The SMILES string of the molecule is CCC(c1nnc(SCC(=O)NCCc2ccccc2)n1Cc1ccccc1)N(C)C. The summed E-state index contributed by atoms with van der Waals surface area (Å²) in [5, 5.41) is 12.7. The summed E-state index contributed by atoms with van der Waals surface area (Å²) in [7, 11) is 4.12. The number of rotatable bonds is 11. The largest absolute Gasteiger partial charge is 0.355 e. The standard InChI is InChI=1S/C24H31N5OS/c1-4-21(28(2)3)23-26-27-24(29(23)17-20-13-9-6-10-14-20)31-18-22(30)25-16-15-19-11-7-5-8-12-19/h5-14,21H,4,15-18H2,1-3H3,(H,25,30). The van der Waals surface area contributed by atoms with Crippen molar-refractivity contribution in [2.75, 3.05) is 26.4 Å². The van der Waals surface area contributed by atoms with Gasteiger partial charge < -0.3 is 9.88 Å². The van der Waals surface area contributed by atoms with Gasteiger partial charge in [0.15, 0.2) is 11.0 Å². The molecule has 0 radical (unpaired) electrons. The Morgan fingerprint density at radius 2 is 1.68 bits per heavy atom. The zero-order valence-corrected chi connectivity index (χ0v) is 19.3. The third-order valence-electron chi connectivity index (χ3n) is 5.15. The lowest BCUT2D eigenvalue weighted by Crippen LogP contribution is -2.27. The Kier molecular flexibility index (Phi) is 8.67. The van der Waals surface area contributed by atoms with E-state index in [4.69, 9.17) is 0 Å². The second-order valence-corrected chi connectivity index (χ2v) is 8.62. The number of hydrogen-bond donors (Lipinski definition) is 1. The number of carbonyl (C=O) groups excluding carboxylic acids is 1. The summed E-state index contributed by atoms with van der Waals surface area (Å²) < 4.78 is 2.14. The van der Waals surface area contributed by atoms with Crippen molar-refractivity contribution in [1.29, 1.82) is 0 Å². The molecule has 3 rings (SSSR count). The monoisotopic (exact) mass is 437 g/mol. The van der Waals surface area contributed by atoms with E-state index in [9.17, 15) is 4.79 Å². The van der Waals surface area contributed by atoms with Crippen LogP contribution in [0.1, 0.15) is 36.3 Å². The first-order valence-corrected chi connectivity index (χ1v) is 11.6. The number of hydrogen-bond acceptors (Lipinski definition) is 5. The molecule has 3 aromatic rings. The minimum absolute atomic E-state index is 0.0105. The van der Waals surface area contributed by atoms with Crippen LogP contribution in [0.3, 0.4) is 0 Å². The van der Waals surface area contributed by atoms with E-state index < -0.39 is 0 Å². The number of nitrogens with one attached hydrogen (secondary N) is 1. The number of carbonyl (C=O) groups is 1. The van der Waals surface area contributed by atoms with Crippen molar-refractivity contribution in [2.24, 2.45) is 0 Å². The van der Waals surface area contributed by atoms with Crippen LogP contribution >= 0.6 is 11.8 Å². The zero-order chi connectivity index (χ0) is 22.1. The zero-order valence-electron chi connectivity index (χ0n) is 18.5. The van der Waals surface area contributed by atoms with Gasteiger partial charge in [0.25, 0.3) is 0 Å². The summed E-state index contributed by atoms with van der Waals surface area (Å²) in [6, 6.07) is 20.6. The van der Waals surface area contributed by atoms with E-state index in [0.717, 1.165) is 23.8 Å². The Morgan fingerprint density at radius 3 is 2.29 bits per heavy atom. The lowest BCUT2D eigenvalue weighted by atomic mass is 10.1. The predicted molar refractivity (Wildman–Crippen MR) is 126 cm³/mol. The van der Waals surface area contributed by atoms with Crippen LogP contribution in [-0.4, -0.2) is 52.0 Å². The third-order valence-corrected chi connectivity index (χ3v) is 6.11. The van der Waals surface area contributed by atoms with Gasteiger partial charge in [0, 0.05) is 6.54 Å². The fourth-order valence-electron chi connectivity index (χ4n) is 3.52. The van der Waals surface area contributed by atoms with Crippen molar-refractivity contribution >= 4 is 17.7 Å². The molecule has 0 aliphatic carbocycles. The normalized spacial score (nSPS) is 12.1. The Morgan fingerprint density at radius 1 is 1.03 bits per heavy atom. The number of benzene rings is 2. The first kappa shape index (κ1) is 23.0. The Labute approximate surface area is 189 Å². The average Bonchev–Trinajstić information content (AvgIpc) is 3.16. The molecule has 0 fully saturated rings. The smallest absolute Gasteiger partial charge is 0.230 e. The Bertz CT molecular complexity index is 943. The van der Waals surface area contributed by atoms with Crippen molar-refractivity contribution in [2.45, 2.75) is 37.5 Å². The number of nitrogens with zero attached hydrogens (tertiary/aromatic N) is 4. The summed E-state index contributed by atoms with van der Waals surface area (Å²) in [5.41, 5.74) is 2.41. The van der Waals surface area contributed by atoms with Gasteiger partial charge in [0.1, 0.15) is 0 Å². The second-order valence-electron chi connectivity index (χ2n) is 7.67. The average molecular weight is 438 g/mol. The molecule has 7 heteroatoms. The summed E-state index contributed by atoms with van der Waals surface area (Å²) in [4.78, 5) is 14.5. The highest BCUT2D eigenvalue weighted by Gasteiger charge is 2.22. The minimum Gasteiger partial charge on any atom is -0.355 e. The molecule has 0 spiro atoms. The van der Waals surface area contributed by atoms with Gasteiger partial charge >= 0.3 is 0 Å². The van der Waals surface area contributed by atoms with Crippen molar-refractivity contribution in [3.63, 3.8) is 0 Å². The van der Waals surface area contributed by atoms with Crippen molar-refractivity contribution < 1.29 is 4.79 Å². The van der Waals surface area contributed by atoms with Crippen LogP contribution < -0.4 is 5.32 Å². The van der Waals surface area contributed by atoms with Gasteiger partial charge in [-0.15, -0.1) is 10.2 Å². The first-order valence-electron chi connectivity index (χ1n) is 10.6. The maximum absolute atomic E-state index is 12.4. The molecule has 1 atom stereocenters. The molecule has 1 unspecified atom stereocenters. The molecule has 0 bridgehead atoms. The van der Waals surface area contributed by atoms with Crippen LogP contribution in [0.2, 0.25) is 0 Å². The molecule has 0 aliphatic heterocycles. The molecule has 1 heterocycles. The number of thioether (sulfide) groups is 1. The van der Waals surface area contributed by atoms with E-state index in [1.807, 2.05) is 36.4 Å². The Balaban J connectivity index is 1.65. The van der Waals surface area contributed by atoms with Gasteiger partial charge in [0.05, 0.1) is 18.3 Å². The van der Waals surface area contributed by atoms with E-state index >= 15 is 0 Å². The fraction of sp³-hybridized carbons (Fsp3) is 0.375. The van der Waals surface area contributed by atoms with Crippen molar-refractivity contribution in [3.8, 4) is 0 Å². The quantitative estimate of drug-likeness (QED) is 0.463. The molecule has 164 valence electrons. The fourth-order valence-corrected chi connectivity index (χ4v) is 4.29. The van der Waals surface area contributed by atoms with Crippen LogP contribution in [0.15, 0.2) is 65.8 Å². The topological polar surface area (TPSA) is 63.1 Å². The van der Waals surface area contributed by atoms with E-state index in [0.29, 0.717) is 18.8 Å². The predicted octanol–water partition coefficient (Wildman–Crippen LogP) is 3.79. The van der Waals surface area contributed by atoms with E-state index in [-0.39, 0.29) is 11.9 Å². The third kappa shape index (κ3) is 6.67. The van der Waals surface area contributed by atoms with E-state index in [1.54, 1.807) is 0 Å². The van der Waals surface area contributed by atoms with Gasteiger partial charge in [-0.3, -0.25) is 9.69 Å². The van der Waals surface area contributed by atoms with Gasteiger partial charge in [-0.25, -0.2) is 0 Å². The van der Waals surface area contributed by atoms with Gasteiger partial charge in [-0.2, -0.15) is 0 Å². The van der Waals surface area contributed by atoms with Crippen molar-refractivity contribution in [1.82, 2.24) is 25.0 Å². The molecule has 31 heavy (non-hydrogen) atoms. The molecular weight excluding hydrogens is 406 g/mol. The lowest BCUT2D eigenvalue weighted by molar-refractivity contribution is -0.118. The molecule has 0 aliphatic rings. The highest BCUT2D eigenvalue weighted by Crippen LogP contribution is 2.26. The van der Waals surface area contributed by atoms with Crippen molar-refractivity contribution in [3.05, 3.63) is 77.6 Å². The highest BCUT2D eigenvalue weighted by atomic mass is 32.2. The van der Waals surface area contributed by atoms with Gasteiger partial charge in [0.2, 0.25) is 5.91 Å². The summed E-state index contributed by atoms with van der Waals surface area (Å²) in [6.07, 6.45) is 1.76. The molecular formula is C24H31N5OS. The minimum atomic E-state index is 0.0105. The van der Waals surface area contributed by atoms with E-state index in [1.165, 1.54) is 22.9 Å². The molecule has 0 saturated heterocycles. The highest BCUT2D eigenvalue weighted by molar-refractivity contribution is 7.99. The molecule has 2 aromatic carbocycles. The summed E-state index contributed by atoms with van der Waals surface area (Å²) in [5.74, 6) is 1.26. The Hall–Kier alpha value is -2.64. The lowest BCUT2D eigenvalue weighted by Gasteiger charge is -2.23. The molecule has 1 N–H and O–H groups in total. The molecule has 1 amide bonds. The maximum atomic E-state index is 12.4. The van der Waals surface area contributed by atoms with Crippen LogP contribution in [0.5, 0.6) is 0 Å². The summed E-state index contributed by atoms with van der Waals surface area (Å²) in [6.45, 7) is 3.47. The first-order chi connectivity index (χ1) is 15.1. The maximum Gasteiger partial charge on any atom is 0.230 e. The molecule has 1 aromatic heterocycles. The van der Waals surface area contributed by atoms with Crippen LogP contribution in [0, 0.1) is 0 Å².